The fourth-order valence-corrected chi connectivity index (χ4v) is 5.25. The molecule has 0 amide bonds. The zero-order chi connectivity index (χ0) is 22.9. The molecular weight excluding hydrogens is 424 g/mol. The van der Waals surface area contributed by atoms with E-state index in [2.05, 4.69) is 25.0 Å². The van der Waals surface area contributed by atoms with E-state index in [0.29, 0.717) is 22.2 Å². The maximum Gasteiger partial charge on any atom is 0.262 e. The number of anilines is 3. The molecule has 4 aromatic rings. The molecule has 0 fully saturated rings. The van der Waals surface area contributed by atoms with Crippen molar-refractivity contribution in [3.8, 4) is 5.82 Å². The quantitative estimate of drug-likeness (QED) is 0.452. The van der Waals surface area contributed by atoms with Crippen LogP contribution in [0.4, 0.5) is 17.2 Å². The number of aryl methyl sites for hydroxylation is 4. The van der Waals surface area contributed by atoms with Crippen LogP contribution in [-0.4, -0.2) is 27.9 Å². The van der Waals surface area contributed by atoms with Gasteiger partial charge in [0, 0.05) is 29.8 Å². The van der Waals surface area contributed by atoms with Crippen LogP contribution in [0.25, 0.3) is 5.82 Å². The Balaban J connectivity index is 1.51. The van der Waals surface area contributed by atoms with Crippen molar-refractivity contribution in [3.63, 3.8) is 0 Å². The maximum absolute atomic E-state index is 13.0. The van der Waals surface area contributed by atoms with Gasteiger partial charge in [-0.2, -0.15) is 0 Å². The van der Waals surface area contributed by atoms with E-state index in [4.69, 9.17) is 0 Å². The SMILES string of the molecule is Cc1cc(C)c(S(=O)(=O)Nc2ccc(Nc3cc(-n4ccnc4C)ncn3)cc2)c(C)c1. The van der Waals surface area contributed by atoms with E-state index < -0.39 is 10.0 Å². The lowest BCUT2D eigenvalue weighted by Gasteiger charge is -2.14. The summed E-state index contributed by atoms with van der Waals surface area (Å²) in [5.74, 6) is 2.14. The van der Waals surface area contributed by atoms with Crippen molar-refractivity contribution < 1.29 is 8.42 Å². The first kappa shape index (κ1) is 21.5. The maximum atomic E-state index is 13.0. The minimum absolute atomic E-state index is 0.314. The fourth-order valence-electron chi connectivity index (χ4n) is 3.73. The average molecular weight is 449 g/mol. The van der Waals surface area contributed by atoms with Gasteiger partial charge in [-0.15, -0.1) is 0 Å². The Bertz CT molecular complexity index is 1350. The number of sulfonamides is 1. The van der Waals surface area contributed by atoms with Crippen LogP contribution in [0, 0.1) is 27.7 Å². The molecule has 0 radical (unpaired) electrons. The molecular formula is C23H24N6O2S. The molecule has 32 heavy (non-hydrogen) atoms. The van der Waals surface area contributed by atoms with Crippen molar-refractivity contribution in [3.05, 3.63) is 83.7 Å². The zero-order valence-corrected chi connectivity index (χ0v) is 19.1. The van der Waals surface area contributed by atoms with Gasteiger partial charge in [0.05, 0.1) is 4.90 Å². The molecule has 0 saturated heterocycles. The number of hydrogen-bond acceptors (Lipinski definition) is 6. The highest BCUT2D eigenvalue weighted by Crippen LogP contribution is 2.25. The molecule has 8 nitrogen and oxygen atoms in total. The molecule has 9 heteroatoms. The second kappa shape index (κ2) is 8.43. The molecule has 0 atom stereocenters. The largest absolute Gasteiger partial charge is 0.340 e. The molecule has 0 aliphatic rings. The Morgan fingerprint density at radius 2 is 1.50 bits per heavy atom. The average Bonchev–Trinajstić information content (AvgIpc) is 3.14. The van der Waals surface area contributed by atoms with E-state index in [0.717, 1.165) is 28.2 Å². The first-order valence-corrected chi connectivity index (χ1v) is 11.5. The summed E-state index contributed by atoms with van der Waals surface area (Å²) in [5, 5.41) is 3.21. The monoisotopic (exact) mass is 448 g/mol. The van der Waals surface area contributed by atoms with Crippen molar-refractivity contribution in [2.75, 3.05) is 10.0 Å². The molecule has 0 aliphatic heterocycles. The molecule has 0 unspecified atom stereocenters. The summed E-state index contributed by atoms with van der Waals surface area (Å²) >= 11 is 0. The number of nitrogens with one attached hydrogen (secondary N) is 2. The molecule has 164 valence electrons. The first-order valence-electron chi connectivity index (χ1n) is 10.0. The van der Waals surface area contributed by atoms with Gasteiger partial charge in [-0.3, -0.25) is 9.29 Å². The van der Waals surface area contributed by atoms with Crippen LogP contribution < -0.4 is 10.0 Å². The third-order valence-corrected chi connectivity index (χ3v) is 6.69. The van der Waals surface area contributed by atoms with Gasteiger partial charge in [0.1, 0.15) is 23.8 Å². The van der Waals surface area contributed by atoms with Gasteiger partial charge in [-0.25, -0.2) is 23.4 Å². The van der Waals surface area contributed by atoms with Crippen LogP contribution in [0.1, 0.15) is 22.5 Å². The van der Waals surface area contributed by atoms with E-state index in [1.54, 1.807) is 30.5 Å². The van der Waals surface area contributed by atoms with E-state index in [1.165, 1.54) is 6.33 Å². The molecule has 0 aliphatic carbocycles. The van der Waals surface area contributed by atoms with Crippen LogP contribution >= 0.6 is 0 Å². The lowest BCUT2D eigenvalue weighted by Crippen LogP contribution is -2.16. The summed E-state index contributed by atoms with van der Waals surface area (Å²) in [6.07, 6.45) is 5.02. The summed E-state index contributed by atoms with van der Waals surface area (Å²) in [5.41, 5.74) is 3.72. The Morgan fingerprint density at radius 3 is 2.12 bits per heavy atom. The van der Waals surface area contributed by atoms with Crippen molar-refractivity contribution in [2.24, 2.45) is 0 Å². The molecule has 2 N–H and O–H groups in total. The third-order valence-electron chi connectivity index (χ3n) is 5.01. The molecule has 4 rings (SSSR count). The first-order chi connectivity index (χ1) is 15.2. The predicted molar refractivity (Wildman–Crippen MR) is 125 cm³/mol. The summed E-state index contributed by atoms with van der Waals surface area (Å²) in [4.78, 5) is 13.1. The highest BCUT2D eigenvalue weighted by molar-refractivity contribution is 7.92. The van der Waals surface area contributed by atoms with E-state index in [9.17, 15) is 8.42 Å². The van der Waals surface area contributed by atoms with Crippen LogP contribution in [-0.2, 0) is 10.0 Å². The number of rotatable bonds is 6. The van der Waals surface area contributed by atoms with Crippen molar-refractivity contribution in [2.45, 2.75) is 32.6 Å². The Morgan fingerprint density at radius 1 is 0.844 bits per heavy atom. The van der Waals surface area contributed by atoms with Gasteiger partial charge >= 0.3 is 0 Å². The zero-order valence-electron chi connectivity index (χ0n) is 18.3. The van der Waals surface area contributed by atoms with Gasteiger partial charge in [0.15, 0.2) is 0 Å². The minimum atomic E-state index is -3.70. The summed E-state index contributed by atoms with van der Waals surface area (Å²) in [6.45, 7) is 7.47. The molecule has 2 aromatic carbocycles. The van der Waals surface area contributed by atoms with E-state index in [1.807, 2.05) is 56.7 Å². The van der Waals surface area contributed by atoms with Crippen LogP contribution in [0.2, 0.25) is 0 Å². The highest BCUT2D eigenvalue weighted by atomic mass is 32.2. The fraction of sp³-hybridized carbons (Fsp3) is 0.174. The minimum Gasteiger partial charge on any atom is -0.340 e. The molecule has 0 bridgehead atoms. The molecule has 0 saturated carbocycles. The van der Waals surface area contributed by atoms with Gasteiger partial charge in [-0.05, 0) is 63.1 Å². The van der Waals surface area contributed by atoms with Crippen LogP contribution in [0.5, 0.6) is 0 Å². The van der Waals surface area contributed by atoms with E-state index >= 15 is 0 Å². The number of nitrogens with zero attached hydrogens (tertiary/aromatic N) is 4. The van der Waals surface area contributed by atoms with Crippen molar-refractivity contribution >= 4 is 27.2 Å². The summed E-state index contributed by atoms with van der Waals surface area (Å²) in [7, 11) is -3.70. The molecule has 0 spiro atoms. The predicted octanol–water partition coefficient (Wildman–Crippen LogP) is 4.44. The van der Waals surface area contributed by atoms with Gasteiger partial charge < -0.3 is 5.32 Å². The van der Waals surface area contributed by atoms with Crippen LogP contribution in [0.3, 0.4) is 0 Å². The summed E-state index contributed by atoms with van der Waals surface area (Å²) in [6, 6.07) is 12.6. The van der Waals surface area contributed by atoms with E-state index in [-0.39, 0.29) is 0 Å². The van der Waals surface area contributed by atoms with Crippen LogP contribution in [0.15, 0.2) is 66.1 Å². The van der Waals surface area contributed by atoms with Gasteiger partial charge in [0.2, 0.25) is 0 Å². The van der Waals surface area contributed by atoms with Gasteiger partial charge in [-0.1, -0.05) is 17.7 Å². The standard InChI is InChI=1S/C23H24N6O2S/c1-15-11-16(2)23(17(3)12-15)32(30,31)28-20-7-5-19(6-8-20)27-21-13-22(26-14-25-21)29-10-9-24-18(29)4/h5-14,28H,1-4H3,(H,25,26,27). The number of hydrogen-bond donors (Lipinski definition) is 2. The molecule has 2 heterocycles. The topological polar surface area (TPSA) is 102 Å². The molecule has 2 aromatic heterocycles. The second-order valence-corrected chi connectivity index (χ2v) is 9.26. The number of imidazole rings is 1. The Hall–Kier alpha value is -3.72. The Labute approximate surface area is 187 Å². The highest BCUT2D eigenvalue weighted by Gasteiger charge is 2.20. The van der Waals surface area contributed by atoms with Crippen molar-refractivity contribution in [1.82, 2.24) is 19.5 Å². The smallest absolute Gasteiger partial charge is 0.262 e. The second-order valence-electron chi connectivity index (χ2n) is 7.64. The number of benzene rings is 2. The lowest BCUT2D eigenvalue weighted by atomic mass is 10.1. The van der Waals surface area contributed by atoms with Crippen molar-refractivity contribution in [1.29, 1.82) is 0 Å². The number of aromatic nitrogens is 4. The normalized spacial score (nSPS) is 11.4. The third kappa shape index (κ3) is 4.47. The lowest BCUT2D eigenvalue weighted by molar-refractivity contribution is 0.600. The van der Waals surface area contributed by atoms with Gasteiger partial charge in [0.25, 0.3) is 10.0 Å². The Kier molecular flexibility index (Phi) is 5.67. The summed E-state index contributed by atoms with van der Waals surface area (Å²) < 4.78 is 30.4.